The van der Waals surface area contributed by atoms with Crippen LogP contribution in [0.5, 0.6) is 0 Å². The number of hydrogen-bond acceptors (Lipinski definition) is 6. The summed E-state index contributed by atoms with van der Waals surface area (Å²) >= 11 is 0. The van der Waals surface area contributed by atoms with Crippen LogP contribution in [0.2, 0.25) is 0 Å². The highest BCUT2D eigenvalue weighted by Gasteiger charge is 2.38. The molecule has 2 rings (SSSR count). The van der Waals surface area contributed by atoms with Gasteiger partial charge < -0.3 is 16.2 Å². The van der Waals surface area contributed by atoms with E-state index in [9.17, 15) is 26.4 Å². The molecule has 1 aromatic heterocycles. The normalized spacial score (nSPS) is 12.6. The Kier molecular flexibility index (Phi) is 10.2. The lowest BCUT2D eigenvalue weighted by atomic mass is 10.1. The molecule has 0 saturated carbocycles. The number of aromatic amines is 1. The monoisotopic (exact) mass is 507 g/mol. The molecule has 0 fully saturated rings. The topological polar surface area (TPSA) is 158 Å². The molecule has 190 valence electrons. The van der Waals surface area contributed by atoms with E-state index >= 15 is 0 Å². The smallest absolute Gasteiger partial charge is 0.475 e. The number of alkyl halides is 3. The van der Waals surface area contributed by atoms with Crippen molar-refractivity contribution in [2.75, 3.05) is 18.4 Å². The van der Waals surface area contributed by atoms with E-state index < -0.39 is 28.2 Å². The first-order valence-electron chi connectivity index (χ1n) is 10.1. The van der Waals surface area contributed by atoms with Crippen LogP contribution in [0.1, 0.15) is 30.7 Å². The first kappa shape index (κ1) is 29.1. The fourth-order valence-corrected chi connectivity index (χ4v) is 4.34. The second kappa shape index (κ2) is 11.9. The van der Waals surface area contributed by atoms with Crippen LogP contribution >= 0.6 is 0 Å². The molecular formula is C20H28F3N5O5S. The number of halogens is 3. The lowest BCUT2D eigenvalue weighted by Crippen LogP contribution is -2.37. The molecule has 0 aliphatic rings. The molecular weight excluding hydrogens is 479 g/mol. The van der Waals surface area contributed by atoms with Crippen LogP contribution in [0.4, 0.5) is 18.9 Å². The van der Waals surface area contributed by atoms with Gasteiger partial charge in [0.05, 0.1) is 10.9 Å². The minimum absolute atomic E-state index is 0.159. The van der Waals surface area contributed by atoms with Crippen molar-refractivity contribution in [3.8, 4) is 0 Å². The maximum Gasteiger partial charge on any atom is 0.490 e. The zero-order valence-corrected chi connectivity index (χ0v) is 19.9. The highest BCUT2D eigenvalue weighted by Crippen LogP contribution is 2.26. The van der Waals surface area contributed by atoms with E-state index in [0.29, 0.717) is 25.2 Å². The minimum Gasteiger partial charge on any atom is -0.475 e. The fourth-order valence-electron chi connectivity index (χ4n) is 2.77. The van der Waals surface area contributed by atoms with Crippen LogP contribution < -0.4 is 11.1 Å². The number of rotatable bonds is 8. The molecule has 34 heavy (non-hydrogen) atoms. The summed E-state index contributed by atoms with van der Waals surface area (Å²) in [6.45, 7) is 7.99. The van der Waals surface area contributed by atoms with Gasteiger partial charge in [-0.3, -0.25) is 9.89 Å². The van der Waals surface area contributed by atoms with E-state index in [1.807, 2.05) is 13.8 Å². The summed E-state index contributed by atoms with van der Waals surface area (Å²) in [6, 6.07) is 4.09. The van der Waals surface area contributed by atoms with Gasteiger partial charge in [-0.05, 0) is 43.2 Å². The number of H-pyrrole nitrogens is 1. The molecule has 0 aliphatic carbocycles. The van der Waals surface area contributed by atoms with E-state index in [1.54, 1.807) is 32.2 Å². The van der Waals surface area contributed by atoms with E-state index in [1.165, 1.54) is 10.4 Å². The van der Waals surface area contributed by atoms with Crippen LogP contribution in [0, 0.1) is 13.8 Å². The number of hydrogen-bond donors (Lipinski definition) is 4. The number of nitrogens with one attached hydrogen (secondary N) is 2. The lowest BCUT2D eigenvalue weighted by Gasteiger charge is -2.21. The molecule has 14 heteroatoms. The highest BCUT2D eigenvalue weighted by atomic mass is 32.2. The van der Waals surface area contributed by atoms with E-state index in [2.05, 4.69) is 15.5 Å². The number of aliphatic carboxylic acids is 1. The number of amides is 1. The number of aryl methyl sites for hydroxylation is 1. The highest BCUT2D eigenvalue weighted by molar-refractivity contribution is 7.89. The van der Waals surface area contributed by atoms with Gasteiger partial charge in [0.25, 0.3) is 0 Å². The number of nitrogens with zero attached hydrogens (tertiary/aromatic N) is 2. The average molecular weight is 508 g/mol. The summed E-state index contributed by atoms with van der Waals surface area (Å²) in [4.78, 5) is 21.5. The Bertz CT molecular complexity index is 1080. The van der Waals surface area contributed by atoms with Crippen molar-refractivity contribution in [2.24, 2.45) is 5.73 Å². The van der Waals surface area contributed by atoms with Gasteiger partial charge in [-0.25, -0.2) is 13.2 Å². The van der Waals surface area contributed by atoms with Crippen molar-refractivity contribution in [3.05, 3.63) is 41.2 Å². The molecule has 0 aliphatic heterocycles. The average Bonchev–Trinajstić information content (AvgIpc) is 3.24. The maximum absolute atomic E-state index is 12.8. The molecule has 1 heterocycles. The van der Waals surface area contributed by atoms with Gasteiger partial charge in [-0.2, -0.15) is 22.6 Å². The Balaban J connectivity index is 0.000000718. The van der Waals surface area contributed by atoms with E-state index in [4.69, 9.17) is 15.6 Å². The predicted molar refractivity (Wildman–Crippen MR) is 119 cm³/mol. The first-order chi connectivity index (χ1) is 15.6. The Hall–Kier alpha value is -2.97. The number of carbonyl (C=O) groups is 2. The number of aromatic nitrogens is 2. The Morgan fingerprint density at radius 3 is 2.24 bits per heavy atom. The Morgan fingerprint density at radius 1 is 1.24 bits per heavy atom. The zero-order valence-electron chi connectivity index (χ0n) is 19.1. The van der Waals surface area contributed by atoms with Crippen molar-refractivity contribution in [3.63, 3.8) is 0 Å². The quantitative estimate of drug-likeness (QED) is 0.426. The van der Waals surface area contributed by atoms with Crippen molar-refractivity contribution in [1.82, 2.24) is 14.5 Å². The summed E-state index contributed by atoms with van der Waals surface area (Å²) in [5, 5.41) is 16.5. The van der Waals surface area contributed by atoms with Gasteiger partial charge >= 0.3 is 12.1 Å². The molecule has 0 bridgehead atoms. The number of carboxylic acid groups (broad SMARTS) is 1. The molecule has 1 aromatic carbocycles. The summed E-state index contributed by atoms with van der Waals surface area (Å²) in [6.07, 6.45) is -3.18. The fraction of sp³-hybridized carbons (Fsp3) is 0.450. The number of sulfonamides is 1. The summed E-state index contributed by atoms with van der Waals surface area (Å²) in [5.74, 6) is -3.14. The Labute approximate surface area is 195 Å². The van der Waals surface area contributed by atoms with Gasteiger partial charge in [0.15, 0.2) is 0 Å². The van der Waals surface area contributed by atoms with Gasteiger partial charge in [0.1, 0.15) is 0 Å². The summed E-state index contributed by atoms with van der Waals surface area (Å²) in [7, 11) is -3.62. The number of carbonyl (C=O) groups excluding carboxylic acids is 1. The first-order valence-corrected chi connectivity index (χ1v) is 11.5. The van der Waals surface area contributed by atoms with Crippen LogP contribution in [0.25, 0.3) is 0 Å². The van der Waals surface area contributed by atoms with Gasteiger partial charge in [-0.15, -0.1) is 0 Å². The molecule has 1 amide bonds. The second-order valence-corrected chi connectivity index (χ2v) is 9.12. The predicted octanol–water partition coefficient (Wildman–Crippen LogP) is 2.20. The third kappa shape index (κ3) is 7.81. The standard InChI is InChI=1S/C18H27N5O3S.C2HF3O2/c1-5-23(6-2)27(25,26)15-9-12(3)13(4)17(11-15)21-18(24)16(19)10-14-7-8-20-22-14;3-2(4,5)1(6)7/h7-9,11,16H,5-6,10,19H2,1-4H3,(H,20,22)(H,21,24);(H,6,7). The maximum atomic E-state index is 12.8. The van der Waals surface area contributed by atoms with E-state index in [0.717, 1.165) is 16.8 Å². The van der Waals surface area contributed by atoms with Gasteiger partial charge in [0, 0.05) is 37.1 Å². The van der Waals surface area contributed by atoms with Crippen LogP contribution in [-0.4, -0.2) is 65.2 Å². The third-order valence-corrected chi connectivity index (χ3v) is 6.85. The molecule has 5 N–H and O–H groups in total. The van der Waals surface area contributed by atoms with Gasteiger partial charge in [-0.1, -0.05) is 13.8 Å². The molecule has 0 spiro atoms. The lowest BCUT2D eigenvalue weighted by molar-refractivity contribution is -0.192. The van der Waals surface area contributed by atoms with Crippen molar-refractivity contribution in [2.45, 2.75) is 51.2 Å². The number of nitrogens with two attached hydrogens (primary N) is 1. The third-order valence-electron chi connectivity index (χ3n) is 4.82. The Morgan fingerprint density at radius 2 is 1.79 bits per heavy atom. The number of carboxylic acids is 1. The van der Waals surface area contributed by atoms with Crippen molar-refractivity contribution >= 4 is 27.6 Å². The van der Waals surface area contributed by atoms with E-state index in [-0.39, 0.29) is 10.8 Å². The SMILES string of the molecule is CCN(CC)S(=O)(=O)c1cc(C)c(C)c(NC(=O)C(N)Cc2ccn[nH]2)c1.O=C(O)C(F)(F)F. The van der Waals surface area contributed by atoms with Crippen LogP contribution in [0.3, 0.4) is 0 Å². The minimum atomic E-state index is -5.08. The second-order valence-electron chi connectivity index (χ2n) is 7.19. The zero-order chi connectivity index (χ0) is 26.3. The molecule has 0 saturated heterocycles. The van der Waals surface area contributed by atoms with Gasteiger partial charge in [0.2, 0.25) is 15.9 Å². The van der Waals surface area contributed by atoms with Crippen LogP contribution in [-0.2, 0) is 26.0 Å². The largest absolute Gasteiger partial charge is 0.490 e. The molecule has 1 unspecified atom stereocenters. The molecule has 10 nitrogen and oxygen atoms in total. The molecule has 1 atom stereocenters. The summed E-state index contributed by atoms with van der Waals surface area (Å²) < 4.78 is 58.8. The number of benzene rings is 1. The molecule has 0 radical (unpaired) electrons. The van der Waals surface area contributed by atoms with Crippen molar-refractivity contribution < 1.29 is 36.3 Å². The number of anilines is 1. The molecule has 2 aromatic rings. The van der Waals surface area contributed by atoms with Crippen molar-refractivity contribution in [1.29, 1.82) is 0 Å². The van der Waals surface area contributed by atoms with Crippen LogP contribution in [0.15, 0.2) is 29.3 Å². The summed E-state index contributed by atoms with van der Waals surface area (Å²) in [5.41, 5.74) is 8.76.